The molecule has 1 aliphatic heterocycles. The lowest BCUT2D eigenvalue weighted by atomic mass is 10.0. The molecule has 0 saturated carbocycles. The number of nitrogens with zero attached hydrogens (tertiary/aromatic N) is 1. The van der Waals surface area contributed by atoms with E-state index in [1.165, 1.54) is 29.6 Å². The zero-order valence-corrected chi connectivity index (χ0v) is 19.5. The molecular weight excluding hydrogens is 471 g/mol. The smallest absolute Gasteiger partial charge is 0.264 e. The first-order chi connectivity index (χ1) is 15.3. The summed E-state index contributed by atoms with van der Waals surface area (Å²) < 4.78 is 33.0. The molecule has 3 aromatic rings. The second-order valence-corrected chi connectivity index (χ2v) is 9.98. The molecule has 0 atom stereocenters. The van der Waals surface area contributed by atoms with Crippen molar-refractivity contribution in [2.45, 2.75) is 17.7 Å². The number of hydrogen-bond donors (Lipinski definition) is 1. The molecular formula is C23H20Cl2N2O4S. The summed E-state index contributed by atoms with van der Waals surface area (Å²) in [6.45, 7) is 0.382. The zero-order chi connectivity index (χ0) is 22.9. The van der Waals surface area contributed by atoms with Crippen molar-refractivity contribution in [1.29, 1.82) is 0 Å². The Morgan fingerprint density at radius 3 is 2.47 bits per heavy atom. The Morgan fingerprint density at radius 1 is 1.03 bits per heavy atom. The van der Waals surface area contributed by atoms with Gasteiger partial charge >= 0.3 is 0 Å². The second-order valence-electron chi connectivity index (χ2n) is 7.28. The normalized spacial score (nSPS) is 13.4. The number of carbonyl (C=O) groups excluding carboxylic acids is 1. The van der Waals surface area contributed by atoms with E-state index in [1.54, 1.807) is 42.5 Å². The van der Waals surface area contributed by atoms with Gasteiger partial charge in [-0.3, -0.25) is 9.10 Å². The second kappa shape index (κ2) is 9.02. The van der Waals surface area contributed by atoms with Crippen molar-refractivity contribution in [1.82, 2.24) is 0 Å². The number of rotatable bonds is 5. The minimum absolute atomic E-state index is 0.195. The molecule has 0 unspecified atom stereocenters. The number of methoxy groups -OCH3 is 1. The molecule has 0 fully saturated rings. The maximum atomic E-state index is 13.3. The summed E-state index contributed by atoms with van der Waals surface area (Å²) in [4.78, 5) is 12.8. The lowest BCUT2D eigenvalue weighted by molar-refractivity contribution is 0.102. The van der Waals surface area contributed by atoms with Crippen LogP contribution in [-0.4, -0.2) is 28.0 Å². The summed E-state index contributed by atoms with van der Waals surface area (Å²) in [6.07, 6.45) is 1.37. The van der Waals surface area contributed by atoms with Crippen molar-refractivity contribution in [3.63, 3.8) is 0 Å². The Bertz CT molecular complexity index is 1280. The maximum Gasteiger partial charge on any atom is 0.264 e. The predicted molar refractivity (Wildman–Crippen MR) is 127 cm³/mol. The summed E-state index contributed by atoms with van der Waals surface area (Å²) in [7, 11) is -2.20. The molecule has 32 heavy (non-hydrogen) atoms. The third-order valence-electron chi connectivity index (χ3n) is 5.24. The molecule has 4 rings (SSSR count). The van der Waals surface area contributed by atoms with Gasteiger partial charge in [-0.05, 0) is 79.1 Å². The Balaban J connectivity index is 1.60. The average molecular weight is 491 g/mol. The van der Waals surface area contributed by atoms with Gasteiger partial charge in [0.2, 0.25) is 0 Å². The number of amides is 1. The van der Waals surface area contributed by atoms with Gasteiger partial charge in [-0.1, -0.05) is 23.2 Å². The number of anilines is 2. The Hall–Kier alpha value is -2.74. The van der Waals surface area contributed by atoms with Gasteiger partial charge in [0, 0.05) is 17.3 Å². The minimum Gasteiger partial charge on any atom is -0.497 e. The zero-order valence-electron chi connectivity index (χ0n) is 17.1. The van der Waals surface area contributed by atoms with Crippen molar-refractivity contribution in [3.8, 4) is 5.75 Å². The number of halogens is 2. The SMILES string of the molecule is COc1ccc(S(=O)(=O)N2CCCc3cc(NC(=O)c4ccc(Cl)cc4Cl)ccc32)cc1. The van der Waals surface area contributed by atoms with Crippen LogP contribution in [0.25, 0.3) is 0 Å². The predicted octanol–water partition coefficient (Wildman–Crippen LogP) is 5.40. The first-order valence-electron chi connectivity index (χ1n) is 9.86. The summed E-state index contributed by atoms with van der Waals surface area (Å²) in [5.74, 6) is 0.217. The van der Waals surface area contributed by atoms with Crippen LogP contribution in [0.5, 0.6) is 5.75 Å². The van der Waals surface area contributed by atoms with Gasteiger partial charge in [-0.2, -0.15) is 0 Å². The number of carbonyl (C=O) groups is 1. The lowest BCUT2D eigenvalue weighted by Crippen LogP contribution is -2.35. The van der Waals surface area contributed by atoms with E-state index < -0.39 is 10.0 Å². The maximum absolute atomic E-state index is 13.3. The van der Waals surface area contributed by atoms with Crippen molar-refractivity contribution >= 4 is 50.5 Å². The van der Waals surface area contributed by atoms with Crippen molar-refractivity contribution in [2.75, 3.05) is 23.3 Å². The summed E-state index contributed by atoms with van der Waals surface area (Å²) in [5.41, 5.74) is 2.31. The number of aryl methyl sites for hydroxylation is 1. The Kier molecular flexibility index (Phi) is 6.33. The fourth-order valence-electron chi connectivity index (χ4n) is 3.64. The molecule has 3 aromatic carbocycles. The highest BCUT2D eigenvalue weighted by atomic mass is 35.5. The van der Waals surface area contributed by atoms with Gasteiger partial charge in [-0.25, -0.2) is 8.42 Å². The van der Waals surface area contributed by atoms with Crippen LogP contribution in [0.4, 0.5) is 11.4 Å². The van der Waals surface area contributed by atoms with Gasteiger partial charge in [-0.15, -0.1) is 0 Å². The van der Waals surface area contributed by atoms with Crippen LogP contribution in [0.1, 0.15) is 22.3 Å². The first-order valence-corrected chi connectivity index (χ1v) is 12.1. The Morgan fingerprint density at radius 2 is 1.78 bits per heavy atom. The van der Waals surface area contributed by atoms with E-state index >= 15 is 0 Å². The number of fused-ring (bicyclic) bond motifs is 1. The fraction of sp³-hybridized carbons (Fsp3) is 0.174. The third kappa shape index (κ3) is 4.41. The minimum atomic E-state index is -3.73. The summed E-state index contributed by atoms with van der Waals surface area (Å²) in [6, 6.07) is 16.2. The molecule has 0 bridgehead atoms. The topological polar surface area (TPSA) is 75.7 Å². The van der Waals surface area contributed by atoms with Gasteiger partial charge in [0.05, 0.1) is 28.3 Å². The lowest BCUT2D eigenvalue weighted by Gasteiger charge is -2.31. The van der Waals surface area contributed by atoms with E-state index in [0.29, 0.717) is 47.1 Å². The van der Waals surface area contributed by atoms with E-state index in [9.17, 15) is 13.2 Å². The largest absolute Gasteiger partial charge is 0.497 e. The van der Waals surface area contributed by atoms with E-state index in [4.69, 9.17) is 27.9 Å². The molecule has 0 aromatic heterocycles. The van der Waals surface area contributed by atoms with E-state index in [2.05, 4.69) is 5.32 Å². The molecule has 0 radical (unpaired) electrons. The molecule has 1 aliphatic rings. The van der Waals surface area contributed by atoms with E-state index in [0.717, 1.165) is 5.56 Å². The molecule has 0 aliphatic carbocycles. The van der Waals surface area contributed by atoms with Crippen molar-refractivity contribution < 1.29 is 17.9 Å². The van der Waals surface area contributed by atoms with Crippen LogP contribution in [-0.2, 0) is 16.4 Å². The van der Waals surface area contributed by atoms with Gasteiger partial charge < -0.3 is 10.1 Å². The van der Waals surface area contributed by atoms with Crippen LogP contribution in [0.2, 0.25) is 10.0 Å². The summed E-state index contributed by atoms with van der Waals surface area (Å²) in [5, 5.41) is 3.52. The van der Waals surface area contributed by atoms with Gasteiger partial charge in [0.1, 0.15) is 5.75 Å². The van der Waals surface area contributed by atoms with Crippen LogP contribution in [0.15, 0.2) is 65.6 Å². The average Bonchev–Trinajstić information content (AvgIpc) is 2.78. The van der Waals surface area contributed by atoms with Crippen LogP contribution < -0.4 is 14.4 Å². The number of sulfonamides is 1. The molecule has 1 N–H and O–H groups in total. The monoisotopic (exact) mass is 490 g/mol. The van der Waals surface area contributed by atoms with Gasteiger partial charge in [0.25, 0.3) is 15.9 Å². The standard InChI is InChI=1S/C23H20Cl2N2O4S/c1-31-18-6-8-19(9-7-18)32(29,30)27-12-2-3-15-13-17(5-11-22(15)27)26-23(28)20-10-4-16(24)14-21(20)25/h4-11,13-14H,2-3,12H2,1H3,(H,26,28). The number of ether oxygens (including phenoxy) is 1. The quantitative estimate of drug-likeness (QED) is 0.519. The molecule has 9 heteroatoms. The van der Waals surface area contributed by atoms with Crippen LogP contribution in [0.3, 0.4) is 0 Å². The van der Waals surface area contributed by atoms with Crippen LogP contribution >= 0.6 is 23.2 Å². The highest BCUT2D eigenvalue weighted by molar-refractivity contribution is 7.92. The van der Waals surface area contributed by atoms with E-state index in [1.807, 2.05) is 0 Å². The van der Waals surface area contributed by atoms with Gasteiger partial charge in [0.15, 0.2) is 0 Å². The molecule has 0 spiro atoms. The fourth-order valence-corrected chi connectivity index (χ4v) is 5.67. The third-order valence-corrected chi connectivity index (χ3v) is 7.61. The highest BCUT2D eigenvalue weighted by Gasteiger charge is 2.29. The molecule has 6 nitrogen and oxygen atoms in total. The summed E-state index contributed by atoms with van der Waals surface area (Å²) >= 11 is 12.0. The number of benzene rings is 3. The molecule has 166 valence electrons. The van der Waals surface area contributed by atoms with E-state index in [-0.39, 0.29) is 15.8 Å². The number of hydrogen-bond acceptors (Lipinski definition) is 4. The molecule has 1 amide bonds. The highest BCUT2D eigenvalue weighted by Crippen LogP contribution is 2.34. The van der Waals surface area contributed by atoms with Crippen molar-refractivity contribution in [2.24, 2.45) is 0 Å². The van der Waals surface area contributed by atoms with Crippen LogP contribution in [0, 0.1) is 0 Å². The Labute approximate surface area is 196 Å². The van der Waals surface area contributed by atoms with Crippen molar-refractivity contribution in [3.05, 3.63) is 81.8 Å². The number of nitrogens with one attached hydrogen (secondary N) is 1. The first kappa shape index (κ1) is 22.5. The molecule has 0 saturated heterocycles. The molecule has 1 heterocycles.